The third-order valence-corrected chi connectivity index (χ3v) is 2.25. The van der Waals surface area contributed by atoms with Crippen LogP contribution >= 0.6 is 0 Å². The van der Waals surface area contributed by atoms with Crippen LogP contribution in [0.25, 0.3) is 0 Å². The van der Waals surface area contributed by atoms with Crippen molar-refractivity contribution in [2.24, 2.45) is 0 Å². The van der Waals surface area contributed by atoms with Crippen molar-refractivity contribution in [3.63, 3.8) is 0 Å². The van der Waals surface area contributed by atoms with E-state index in [1.807, 2.05) is 6.92 Å². The fraction of sp³-hybridized carbons (Fsp3) is 0.417. The second-order valence-electron chi connectivity index (χ2n) is 3.92. The largest absolute Gasteiger partial charge is 0.508 e. The van der Waals surface area contributed by atoms with Crippen LogP contribution in [0.3, 0.4) is 0 Å². The van der Waals surface area contributed by atoms with Crippen LogP contribution in [-0.2, 0) is 11.3 Å². The predicted octanol–water partition coefficient (Wildman–Crippen LogP) is 1.83. The number of benzene rings is 1. The molecule has 0 aliphatic carbocycles. The van der Waals surface area contributed by atoms with Crippen LogP contribution in [0, 0.1) is 5.82 Å². The molecule has 4 nitrogen and oxygen atoms in total. The summed E-state index contributed by atoms with van der Waals surface area (Å²) in [5, 5.41) is 18.0. The van der Waals surface area contributed by atoms with Gasteiger partial charge in [0.1, 0.15) is 11.6 Å². The molecule has 0 heterocycles. The third kappa shape index (κ3) is 4.82. The van der Waals surface area contributed by atoms with E-state index in [1.54, 1.807) is 4.90 Å². The summed E-state index contributed by atoms with van der Waals surface area (Å²) in [6.45, 7) is 2.78. The molecule has 0 bridgehead atoms. The zero-order valence-electron chi connectivity index (χ0n) is 9.69. The van der Waals surface area contributed by atoms with Crippen molar-refractivity contribution >= 4 is 5.97 Å². The number of carboxylic acids is 1. The van der Waals surface area contributed by atoms with Crippen LogP contribution in [-0.4, -0.2) is 34.2 Å². The van der Waals surface area contributed by atoms with Crippen molar-refractivity contribution in [1.82, 2.24) is 4.90 Å². The Bertz CT molecular complexity index is 375. The first-order valence-electron chi connectivity index (χ1n) is 5.44. The van der Waals surface area contributed by atoms with Crippen LogP contribution in [0.4, 0.5) is 4.39 Å². The molecule has 0 atom stereocenters. The summed E-state index contributed by atoms with van der Waals surface area (Å²) in [4.78, 5) is 12.3. The number of carboxylic acid groups (broad SMARTS) is 1. The van der Waals surface area contributed by atoms with E-state index in [0.717, 1.165) is 12.5 Å². The average Bonchev–Trinajstić information content (AvgIpc) is 2.14. The Morgan fingerprint density at radius 3 is 2.65 bits per heavy atom. The van der Waals surface area contributed by atoms with E-state index in [2.05, 4.69) is 0 Å². The molecule has 0 spiro atoms. The molecule has 0 unspecified atom stereocenters. The number of phenols is 1. The molecule has 1 aromatic rings. The van der Waals surface area contributed by atoms with Gasteiger partial charge >= 0.3 is 5.97 Å². The van der Waals surface area contributed by atoms with Gasteiger partial charge in [0.2, 0.25) is 0 Å². The van der Waals surface area contributed by atoms with Crippen molar-refractivity contribution in [3.05, 3.63) is 29.6 Å². The summed E-state index contributed by atoms with van der Waals surface area (Å²) in [7, 11) is 0. The zero-order chi connectivity index (χ0) is 12.8. The minimum atomic E-state index is -0.918. The molecule has 0 aromatic heterocycles. The van der Waals surface area contributed by atoms with Crippen LogP contribution in [0.2, 0.25) is 0 Å². The molecule has 0 saturated carbocycles. The summed E-state index contributed by atoms with van der Waals surface area (Å²) < 4.78 is 13.0. The second kappa shape index (κ2) is 6.20. The quantitative estimate of drug-likeness (QED) is 0.797. The van der Waals surface area contributed by atoms with Gasteiger partial charge < -0.3 is 10.2 Å². The van der Waals surface area contributed by atoms with Gasteiger partial charge in [-0.15, -0.1) is 0 Å². The minimum Gasteiger partial charge on any atom is -0.508 e. The Balaban J connectivity index is 2.74. The van der Waals surface area contributed by atoms with Gasteiger partial charge in [-0.1, -0.05) is 6.92 Å². The molecule has 1 rings (SSSR count). The number of hydrogen-bond donors (Lipinski definition) is 2. The summed E-state index contributed by atoms with van der Waals surface area (Å²) in [6.07, 6.45) is 0.814. The normalized spacial score (nSPS) is 10.8. The molecule has 0 saturated heterocycles. The number of phenolic OH excluding ortho intramolecular Hbond substituents is 1. The first kappa shape index (κ1) is 13.4. The monoisotopic (exact) mass is 241 g/mol. The Morgan fingerprint density at radius 2 is 2.12 bits per heavy atom. The van der Waals surface area contributed by atoms with Crippen molar-refractivity contribution < 1.29 is 19.4 Å². The summed E-state index contributed by atoms with van der Waals surface area (Å²) in [6, 6.07) is 3.75. The SMILES string of the molecule is CCCN(CC(=O)O)Cc1cc(O)cc(F)c1. The lowest BCUT2D eigenvalue weighted by Crippen LogP contribution is -2.30. The number of carbonyl (C=O) groups is 1. The van der Waals surface area contributed by atoms with Gasteiger partial charge in [-0.3, -0.25) is 9.69 Å². The van der Waals surface area contributed by atoms with Gasteiger partial charge in [-0.25, -0.2) is 4.39 Å². The van der Waals surface area contributed by atoms with E-state index < -0.39 is 11.8 Å². The van der Waals surface area contributed by atoms with Gasteiger partial charge in [-0.2, -0.15) is 0 Å². The van der Waals surface area contributed by atoms with Crippen LogP contribution in [0.1, 0.15) is 18.9 Å². The van der Waals surface area contributed by atoms with Crippen molar-refractivity contribution in [1.29, 1.82) is 0 Å². The lowest BCUT2D eigenvalue weighted by Gasteiger charge is -2.19. The number of nitrogens with zero attached hydrogens (tertiary/aromatic N) is 1. The Hall–Kier alpha value is -1.62. The van der Waals surface area contributed by atoms with Crippen LogP contribution in [0.15, 0.2) is 18.2 Å². The highest BCUT2D eigenvalue weighted by molar-refractivity contribution is 5.69. The smallest absolute Gasteiger partial charge is 0.317 e. The van der Waals surface area contributed by atoms with E-state index in [-0.39, 0.29) is 12.3 Å². The summed E-state index contributed by atoms with van der Waals surface area (Å²) in [5.41, 5.74) is 0.567. The maximum atomic E-state index is 13.0. The molecule has 5 heteroatoms. The third-order valence-electron chi connectivity index (χ3n) is 2.25. The molecular weight excluding hydrogens is 225 g/mol. The fourth-order valence-electron chi connectivity index (χ4n) is 1.70. The van der Waals surface area contributed by atoms with Gasteiger partial charge in [0.05, 0.1) is 6.54 Å². The Morgan fingerprint density at radius 1 is 1.41 bits per heavy atom. The molecular formula is C12H16FNO3. The van der Waals surface area contributed by atoms with Crippen molar-refractivity contribution in [2.45, 2.75) is 19.9 Å². The average molecular weight is 241 g/mol. The van der Waals surface area contributed by atoms with E-state index in [0.29, 0.717) is 18.7 Å². The number of halogens is 1. The Kier molecular flexibility index (Phi) is 4.90. The molecule has 0 aliphatic rings. The highest BCUT2D eigenvalue weighted by atomic mass is 19.1. The topological polar surface area (TPSA) is 60.8 Å². The van der Waals surface area contributed by atoms with E-state index in [9.17, 15) is 14.3 Å². The lowest BCUT2D eigenvalue weighted by atomic mass is 10.2. The van der Waals surface area contributed by atoms with Crippen LogP contribution < -0.4 is 0 Å². The van der Waals surface area contributed by atoms with Gasteiger partial charge in [0.25, 0.3) is 0 Å². The number of rotatable bonds is 6. The molecule has 94 valence electrons. The number of aliphatic carboxylic acids is 1. The molecule has 0 amide bonds. The summed E-state index contributed by atoms with van der Waals surface area (Å²) >= 11 is 0. The zero-order valence-corrected chi connectivity index (χ0v) is 9.69. The molecule has 2 N–H and O–H groups in total. The minimum absolute atomic E-state index is 0.0921. The van der Waals surface area contributed by atoms with E-state index >= 15 is 0 Å². The van der Waals surface area contributed by atoms with Gasteiger partial charge in [0, 0.05) is 12.6 Å². The molecule has 17 heavy (non-hydrogen) atoms. The lowest BCUT2D eigenvalue weighted by molar-refractivity contribution is -0.138. The first-order valence-corrected chi connectivity index (χ1v) is 5.44. The second-order valence-corrected chi connectivity index (χ2v) is 3.92. The molecule has 1 aromatic carbocycles. The van der Waals surface area contributed by atoms with E-state index in [4.69, 9.17) is 5.11 Å². The molecule has 0 fully saturated rings. The first-order chi connectivity index (χ1) is 8.01. The predicted molar refractivity (Wildman–Crippen MR) is 61.3 cm³/mol. The highest BCUT2D eigenvalue weighted by Crippen LogP contribution is 2.16. The highest BCUT2D eigenvalue weighted by Gasteiger charge is 2.10. The van der Waals surface area contributed by atoms with Gasteiger partial charge in [-0.05, 0) is 30.7 Å². The summed E-state index contributed by atoms with van der Waals surface area (Å²) in [5.74, 6) is -1.59. The fourth-order valence-corrected chi connectivity index (χ4v) is 1.70. The van der Waals surface area contributed by atoms with Crippen LogP contribution in [0.5, 0.6) is 5.75 Å². The van der Waals surface area contributed by atoms with Crippen molar-refractivity contribution in [2.75, 3.05) is 13.1 Å². The van der Waals surface area contributed by atoms with Gasteiger partial charge in [0.15, 0.2) is 0 Å². The maximum Gasteiger partial charge on any atom is 0.317 e. The van der Waals surface area contributed by atoms with E-state index in [1.165, 1.54) is 12.1 Å². The Labute approximate surface area is 99.3 Å². The molecule has 0 radical (unpaired) electrons. The van der Waals surface area contributed by atoms with Crippen molar-refractivity contribution in [3.8, 4) is 5.75 Å². The standard InChI is InChI=1S/C12H16FNO3/c1-2-3-14(8-12(16)17)7-9-4-10(13)6-11(15)5-9/h4-6,15H,2-3,7-8H2,1H3,(H,16,17). The molecule has 0 aliphatic heterocycles. The maximum absolute atomic E-state index is 13.0. The number of aromatic hydroxyl groups is 1. The number of hydrogen-bond acceptors (Lipinski definition) is 3.